The van der Waals surface area contributed by atoms with Crippen molar-refractivity contribution in [3.05, 3.63) is 52.3 Å². The molecule has 0 saturated carbocycles. The fourth-order valence-electron chi connectivity index (χ4n) is 2.95. The predicted molar refractivity (Wildman–Crippen MR) is 88.5 cm³/mol. The number of nitrogens with zero attached hydrogens (tertiary/aromatic N) is 2. The summed E-state index contributed by atoms with van der Waals surface area (Å²) in [4.78, 5) is 12.4. The SMILES string of the molecule is CC(O)(CNC(=O)c1cnn2c1CCCC2)c1ccccc1Cl. The zero-order valence-electron chi connectivity index (χ0n) is 13.1. The molecule has 0 fully saturated rings. The minimum absolute atomic E-state index is 0.0835. The Labute approximate surface area is 140 Å². The van der Waals surface area contributed by atoms with Crippen LogP contribution in [0.3, 0.4) is 0 Å². The number of aromatic nitrogens is 2. The highest BCUT2D eigenvalue weighted by Gasteiger charge is 2.27. The fraction of sp³-hybridized carbons (Fsp3) is 0.412. The fourth-order valence-corrected chi connectivity index (χ4v) is 3.29. The molecule has 0 bridgehead atoms. The van der Waals surface area contributed by atoms with Gasteiger partial charge in [0.1, 0.15) is 5.60 Å². The van der Waals surface area contributed by atoms with Crippen LogP contribution in [0.1, 0.15) is 41.4 Å². The smallest absolute Gasteiger partial charge is 0.254 e. The number of amides is 1. The predicted octanol–water partition coefficient (Wildman–Crippen LogP) is 2.51. The van der Waals surface area contributed by atoms with Crippen LogP contribution in [-0.4, -0.2) is 27.3 Å². The van der Waals surface area contributed by atoms with Crippen molar-refractivity contribution in [2.24, 2.45) is 0 Å². The van der Waals surface area contributed by atoms with E-state index < -0.39 is 5.60 Å². The number of hydrogen-bond donors (Lipinski definition) is 2. The third-order valence-corrected chi connectivity index (χ3v) is 4.60. The first-order valence-corrected chi connectivity index (χ1v) is 8.17. The van der Waals surface area contributed by atoms with Crippen LogP contribution in [0.15, 0.2) is 30.5 Å². The molecule has 1 aliphatic rings. The van der Waals surface area contributed by atoms with Crippen LogP contribution in [0, 0.1) is 0 Å². The zero-order valence-corrected chi connectivity index (χ0v) is 13.8. The molecule has 5 nitrogen and oxygen atoms in total. The van der Waals surface area contributed by atoms with Crippen molar-refractivity contribution in [1.82, 2.24) is 15.1 Å². The van der Waals surface area contributed by atoms with E-state index in [0.717, 1.165) is 31.5 Å². The van der Waals surface area contributed by atoms with Gasteiger partial charge in [0.25, 0.3) is 5.91 Å². The first kappa shape index (κ1) is 16.0. The number of carbonyl (C=O) groups is 1. The normalized spacial score (nSPS) is 16.5. The van der Waals surface area contributed by atoms with E-state index in [1.54, 1.807) is 31.3 Å². The summed E-state index contributed by atoms with van der Waals surface area (Å²) in [6, 6.07) is 7.10. The summed E-state index contributed by atoms with van der Waals surface area (Å²) in [6.07, 6.45) is 4.64. The summed E-state index contributed by atoms with van der Waals surface area (Å²) < 4.78 is 1.89. The van der Waals surface area contributed by atoms with Crippen LogP contribution in [-0.2, 0) is 18.6 Å². The second kappa shape index (κ2) is 6.34. The molecule has 0 aliphatic carbocycles. The second-order valence-electron chi connectivity index (χ2n) is 6.12. The van der Waals surface area contributed by atoms with Gasteiger partial charge in [0.15, 0.2) is 0 Å². The molecule has 2 heterocycles. The van der Waals surface area contributed by atoms with Crippen LogP contribution in [0.2, 0.25) is 5.02 Å². The number of rotatable bonds is 4. The number of carbonyl (C=O) groups excluding carboxylic acids is 1. The Balaban J connectivity index is 1.72. The molecule has 1 aromatic heterocycles. The third kappa shape index (κ3) is 3.26. The van der Waals surface area contributed by atoms with Gasteiger partial charge in [0, 0.05) is 17.1 Å². The minimum atomic E-state index is -1.23. The topological polar surface area (TPSA) is 67.2 Å². The van der Waals surface area contributed by atoms with E-state index in [0.29, 0.717) is 16.1 Å². The van der Waals surface area contributed by atoms with E-state index in [2.05, 4.69) is 10.4 Å². The number of halogens is 1. The maximum Gasteiger partial charge on any atom is 0.254 e. The Morgan fingerprint density at radius 2 is 2.22 bits per heavy atom. The zero-order chi connectivity index (χ0) is 16.4. The Kier molecular flexibility index (Phi) is 4.41. The highest BCUT2D eigenvalue weighted by atomic mass is 35.5. The third-order valence-electron chi connectivity index (χ3n) is 4.27. The lowest BCUT2D eigenvalue weighted by Gasteiger charge is -2.25. The molecule has 1 amide bonds. The van der Waals surface area contributed by atoms with E-state index in [1.807, 2.05) is 10.7 Å². The minimum Gasteiger partial charge on any atom is -0.384 e. The number of benzene rings is 1. The van der Waals surface area contributed by atoms with Gasteiger partial charge in [-0.25, -0.2) is 0 Å². The Morgan fingerprint density at radius 3 is 3.00 bits per heavy atom. The van der Waals surface area contributed by atoms with Gasteiger partial charge in [0.05, 0.1) is 24.0 Å². The second-order valence-corrected chi connectivity index (χ2v) is 6.53. The number of aryl methyl sites for hydroxylation is 1. The lowest BCUT2D eigenvalue weighted by Crippen LogP contribution is -2.39. The maximum absolute atomic E-state index is 12.4. The standard InChI is InChI=1S/C17H20ClN3O2/c1-17(23,13-6-2-3-7-14(13)18)11-19-16(22)12-10-20-21-9-5-4-8-15(12)21/h2-3,6-7,10,23H,4-5,8-9,11H2,1H3,(H,19,22). The summed E-state index contributed by atoms with van der Waals surface area (Å²) in [5.41, 5.74) is 0.936. The average molecular weight is 334 g/mol. The number of aliphatic hydroxyl groups is 1. The summed E-state index contributed by atoms with van der Waals surface area (Å²) >= 11 is 6.13. The molecule has 2 N–H and O–H groups in total. The van der Waals surface area contributed by atoms with Gasteiger partial charge in [-0.2, -0.15) is 5.10 Å². The molecule has 1 aromatic carbocycles. The monoisotopic (exact) mass is 333 g/mol. The van der Waals surface area contributed by atoms with Crippen molar-refractivity contribution in [3.63, 3.8) is 0 Å². The van der Waals surface area contributed by atoms with Crippen molar-refractivity contribution in [3.8, 4) is 0 Å². The van der Waals surface area contributed by atoms with Gasteiger partial charge in [-0.1, -0.05) is 29.8 Å². The summed E-state index contributed by atoms with van der Waals surface area (Å²) in [5, 5.41) is 18.2. The van der Waals surface area contributed by atoms with Gasteiger partial charge in [-0.05, 0) is 32.3 Å². The van der Waals surface area contributed by atoms with Crippen LogP contribution in [0.5, 0.6) is 0 Å². The number of fused-ring (bicyclic) bond motifs is 1. The molecule has 122 valence electrons. The van der Waals surface area contributed by atoms with Crippen LogP contribution >= 0.6 is 11.6 Å². The average Bonchev–Trinajstić information content (AvgIpc) is 2.97. The molecule has 2 aromatic rings. The Bertz CT molecular complexity index is 724. The number of nitrogens with one attached hydrogen (secondary N) is 1. The summed E-state index contributed by atoms with van der Waals surface area (Å²) in [5.74, 6) is -0.208. The van der Waals surface area contributed by atoms with Gasteiger partial charge in [0.2, 0.25) is 0 Å². The molecule has 3 rings (SSSR count). The van der Waals surface area contributed by atoms with Gasteiger partial charge >= 0.3 is 0 Å². The van der Waals surface area contributed by atoms with Crippen LogP contribution in [0.25, 0.3) is 0 Å². The first-order chi connectivity index (χ1) is 11.0. The molecule has 0 saturated heterocycles. The summed E-state index contributed by atoms with van der Waals surface area (Å²) in [7, 11) is 0. The largest absolute Gasteiger partial charge is 0.384 e. The van der Waals surface area contributed by atoms with Crippen LogP contribution < -0.4 is 5.32 Å². The molecule has 6 heteroatoms. The van der Waals surface area contributed by atoms with Gasteiger partial charge in [-0.3, -0.25) is 9.48 Å². The van der Waals surface area contributed by atoms with Gasteiger partial charge in [-0.15, -0.1) is 0 Å². The lowest BCUT2D eigenvalue weighted by molar-refractivity contribution is 0.0527. The first-order valence-electron chi connectivity index (χ1n) is 7.79. The lowest BCUT2D eigenvalue weighted by atomic mass is 9.95. The molecular weight excluding hydrogens is 314 g/mol. The van der Waals surface area contributed by atoms with E-state index in [4.69, 9.17) is 11.6 Å². The quantitative estimate of drug-likeness (QED) is 0.903. The number of hydrogen-bond acceptors (Lipinski definition) is 3. The van der Waals surface area contributed by atoms with Crippen molar-refractivity contribution in [2.75, 3.05) is 6.54 Å². The van der Waals surface area contributed by atoms with Crippen molar-refractivity contribution < 1.29 is 9.90 Å². The summed E-state index contributed by atoms with van der Waals surface area (Å²) in [6.45, 7) is 2.59. The van der Waals surface area contributed by atoms with Gasteiger partial charge < -0.3 is 10.4 Å². The highest BCUT2D eigenvalue weighted by molar-refractivity contribution is 6.31. The Hall–Kier alpha value is -1.85. The van der Waals surface area contributed by atoms with Crippen molar-refractivity contribution in [2.45, 2.75) is 38.3 Å². The molecule has 1 aliphatic heterocycles. The van der Waals surface area contributed by atoms with Crippen LogP contribution in [0.4, 0.5) is 0 Å². The molecule has 23 heavy (non-hydrogen) atoms. The van der Waals surface area contributed by atoms with E-state index in [1.165, 1.54) is 0 Å². The van der Waals surface area contributed by atoms with E-state index in [9.17, 15) is 9.90 Å². The Morgan fingerprint density at radius 1 is 1.43 bits per heavy atom. The molecule has 1 unspecified atom stereocenters. The molecule has 0 spiro atoms. The maximum atomic E-state index is 12.4. The van der Waals surface area contributed by atoms with E-state index in [-0.39, 0.29) is 12.5 Å². The molecule has 0 radical (unpaired) electrons. The van der Waals surface area contributed by atoms with Crippen molar-refractivity contribution in [1.29, 1.82) is 0 Å². The van der Waals surface area contributed by atoms with E-state index >= 15 is 0 Å². The highest BCUT2D eigenvalue weighted by Crippen LogP contribution is 2.27. The molecular formula is C17H20ClN3O2. The van der Waals surface area contributed by atoms with Crippen molar-refractivity contribution >= 4 is 17.5 Å². The molecule has 1 atom stereocenters.